The van der Waals surface area contributed by atoms with Gasteiger partial charge in [0.05, 0.1) is 28.4 Å². The van der Waals surface area contributed by atoms with Crippen LogP contribution in [0.3, 0.4) is 0 Å². The van der Waals surface area contributed by atoms with Crippen molar-refractivity contribution in [2.75, 3.05) is 31.1 Å². The van der Waals surface area contributed by atoms with Crippen molar-refractivity contribution in [1.29, 1.82) is 5.26 Å². The maximum atomic E-state index is 9.13. The summed E-state index contributed by atoms with van der Waals surface area (Å²) in [6.45, 7) is 3.75. The van der Waals surface area contributed by atoms with Crippen LogP contribution in [0.4, 0.5) is 5.69 Å². The van der Waals surface area contributed by atoms with Gasteiger partial charge in [-0.05, 0) is 66.4 Å². The predicted octanol–water partition coefficient (Wildman–Crippen LogP) is 7.11. The smallest absolute Gasteiger partial charge is 0.0991 e. The molecule has 0 radical (unpaired) electrons. The second kappa shape index (κ2) is 9.20. The molecule has 0 N–H and O–H groups in total. The van der Waals surface area contributed by atoms with E-state index < -0.39 is 0 Å². The zero-order valence-electron chi connectivity index (χ0n) is 18.1. The third-order valence-corrected chi connectivity index (χ3v) is 7.73. The molecule has 0 spiro atoms. The number of nitrogens with zero attached hydrogens (tertiary/aromatic N) is 3. The molecule has 1 aliphatic carbocycles. The van der Waals surface area contributed by atoms with Crippen LogP contribution in [0.15, 0.2) is 66.7 Å². The molecule has 5 rings (SSSR count). The summed E-state index contributed by atoms with van der Waals surface area (Å²) in [4.78, 5) is 4.96. The lowest BCUT2D eigenvalue weighted by molar-refractivity contribution is 0.205. The summed E-state index contributed by atoms with van der Waals surface area (Å²) >= 11 is 19.0. The number of benzene rings is 3. The van der Waals surface area contributed by atoms with E-state index in [9.17, 15) is 0 Å². The van der Waals surface area contributed by atoms with Gasteiger partial charge >= 0.3 is 0 Å². The molecular weight excluding hydrogens is 473 g/mol. The Bertz CT molecular complexity index is 1180. The first kappa shape index (κ1) is 22.6. The van der Waals surface area contributed by atoms with Crippen molar-refractivity contribution in [3.05, 3.63) is 98.5 Å². The minimum Gasteiger partial charge on any atom is -0.361 e. The lowest BCUT2D eigenvalue weighted by Gasteiger charge is -2.44. The molecule has 0 amide bonds. The highest BCUT2D eigenvalue weighted by Gasteiger charge is 2.46. The highest BCUT2D eigenvalue weighted by Crippen LogP contribution is 2.49. The summed E-state index contributed by atoms with van der Waals surface area (Å²) < 4.78 is 0. The lowest BCUT2D eigenvalue weighted by Crippen LogP contribution is -2.50. The van der Waals surface area contributed by atoms with Crippen LogP contribution in [0.25, 0.3) is 0 Å². The minimum absolute atomic E-state index is 0.159. The monoisotopic (exact) mass is 495 g/mol. The quantitative estimate of drug-likeness (QED) is 0.377. The van der Waals surface area contributed by atoms with Gasteiger partial charge in [-0.1, -0.05) is 59.1 Å². The molecule has 0 unspecified atom stereocenters. The normalized spacial score (nSPS) is 19.8. The van der Waals surface area contributed by atoms with Gasteiger partial charge in [-0.15, -0.1) is 0 Å². The van der Waals surface area contributed by atoms with Crippen molar-refractivity contribution in [2.45, 2.75) is 24.3 Å². The number of rotatable bonds is 5. The highest BCUT2D eigenvalue weighted by molar-refractivity contribution is 6.36. The molecular formula is C27H24Cl3N3. The molecule has 168 valence electrons. The van der Waals surface area contributed by atoms with E-state index in [-0.39, 0.29) is 11.5 Å². The summed E-state index contributed by atoms with van der Waals surface area (Å²) in [5.74, 6) is 0. The Balaban J connectivity index is 1.41. The molecule has 6 heteroatoms. The van der Waals surface area contributed by atoms with Crippen molar-refractivity contribution in [1.82, 2.24) is 4.90 Å². The Morgan fingerprint density at radius 2 is 1.58 bits per heavy atom. The van der Waals surface area contributed by atoms with Gasteiger partial charge in [-0.2, -0.15) is 5.26 Å². The second-order valence-corrected chi connectivity index (χ2v) is 10.3. The average molecular weight is 497 g/mol. The fourth-order valence-corrected chi connectivity index (χ4v) is 5.61. The van der Waals surface area contributed by atoms with Gasteiger partial charge in [-0.25, -0.2) is 0 Å². The molecule has 1 aliphatic heterocycles. The summed E-state index contributed by atoms with van der Waals surface area (Å²) in [5, 5.41) is 11.2. The Morgan fingerprint density at radius 1 is 0.879 bits per heavy atom. The Labute approximate surface area is 210 Å². The molecule has 1 saturated carbocycles. The van der Waals surface area contributed by atoms with Crippen molar-refractivity contribution in [2.24, 2.45) is 0 Å². The molecule has 1 heterocycles. The van der Waals surface area contributed by atoms with Crippen LogP contribution >= 0.6 is 34.8 Å². The number of anilines is 1. The standard InChI is InChI=1S/C27H24Cl3N3/c28-22-7-3-20(4-8-22)26-17-32(13-14-33(26)25-10-9-23(29)15-24(25)30)18-27(11-12-27)21-5-1-19(16-31)2-6-21/h1-10,15,26H,11-14,17-18H2/t26-/m0/s1. The average Bonchev–Trinajstić information content (AvgIpc) is 3.60. The summed E-state index contributed by atoms with van der Waals surface area (Å²) in [6, 6.07) is 24.4. The first-order valence-electron chi connectivity index (χ1n) is 11.2. The number of hydrogen-bond donors (Lipinski definition) is 0. The van der Waals surface area contributed by atoms with Gasteiger partial charge < -0.3 is 4.90 Å². The third-order valence-electron chi connectivity index (χ3n) is 6.94. The largest absolute Gasteiger partial charge is 0.361 e. The van der Waals surface area contributed by atoms with E-state index in [1.807, 2.05) is 42.5 Å². The van der Waals surface area contributed by atoms with E-state index >= 15 is 0 Å². The van der Waals surface area contributed by atoms with Gasteiger partial charge in [-0.3, -0.25) is 4.90 Å². The number of halogens is 3. The van der Waals surface area contributed by atoms with Crippen molar-refractivity contribution >= 4 is 40.5 Å². The minimum atomic E-state index is 0.159. The van der Waals surface area contributed by atoms with Gasteiger partial charge in [0.1, 0.15) is 0 Å². The molecule has 3 aromatic rings. The van der Waals surface area contributed by atoms with Crippen LogP contribution in [0, 0.1) is 11.3 Å². The maximum Gasteiger partial charge on any atom is 0.0991 e. The zero-order valence-corrected chi connectivity index (χ0v) is 20.4. The molecule has 33 heavy (non-hydrogen) atoms. The van der Waals surface area contributed by atoms with E-state index in [0.29, 0.717) is 15.6 Å². The molecule has 1 saturated heterocycles. The maximum absolute atomic E-state index is 9.13. The summed E-state index contributed by atoms with van der Waals surface area (Å²) in [6.07, 6.45) is 2.38. The Kier molecular flexibility index (Phi) is 6.29. The van der Waals surface area contributed by atoms with Gasteiger partial charge in [0.15, 0.2) is 0 Å². The number of hydrogen-bond acceptors (Lipinski definition) is 3. The molecule has 3 aromatic carbocycles. The van der Waals surface area contributed by atoms with Crippen LogP contribution in [0.1, 0.15) is 35.6 Å². The first-order valence-corrected chi connectivity index (χ1v) is 12.3. The van der Waals surface area contributed by atoms with E-state index in [0.717, 1.165) is 36.9 Å². The van der Waals surface area contributed by atoms with Crippen molar-refractivity contribution in [3.63, 3.8) is 0 Å². The lowest BCUT2D eigenvalue weighted by atomic mass is 9.93. The Morgan fingerprint density at radius 3 is 2.21 bits per heavy atom. The molecule has 0 aromatic heterocycles. The van der Waals surface area contributed by atoms with Crippen LogP contribution in [0.2, 0.25) is 15.1 Å². The van der Waals surface area contributed by atoms with E-state index in [1.54, 1.807) is 0 Å². The van der Waals surface area contributed by atoms with Gasteiger partial charge in [0.2, 0.25) is 0 Å². The fourth-order valence-electron chi connectivity index (χ4n) is 4.97. The van der Waals surface area contributed by atoms with Gasteiger partial charge in [0, 0.05) is 41.6 Å². The van der Waals surface area contributed by atoms with Crippen LogP contribution in [0.5, 0.6) is 0 Å². The van der Waals surface area contributed by atoms with E-state index in [2.05, 4.69) is 40.1 Å². The molecule has 1 atom stereocenters. The topological polar surface area (TPSA) is 30.3 Å². The fraction of sp³-hybridized carbons (Fsp3) is 0.296. The van der Waals surface area contributed by atoms with Crippen molar-refractivity contribution < 1.29 is 0 Å². The molecule has 2 fully saturated rings. The van der Waals surface area contributed by atoms with Crippen molar-refractivity contribution in [3.8, 4) is 6.07 Å². The molecule has 2 aliphatic rings. The van der Waals surface area contributed by atoms with Gasteiger partial charge in [0.25, 0.3) is 0 Å². The summed E-state index contributed by atoms with van der Waals surface area (Å²) in [5.41, 5.74) is 4.48. The van der Waals surface area contributed by atoms with Crippen LogP contribution in [-0.2, 0) is 5.41 Å². The first-order chi connectivity index (χ1) is 16.0. The molecule has 3 nitrogen and oxygen atoms in total. The molecule has 0 bridgehead atoms. The second-order valence-electron chi connectivity index (χ2n) is 9.06. The Hall–Kier alpha value is -2.22. The number of piperazine rings is 1. The zero-order chi connectivity index (χ0) is 23.0. The highest BCUT2D eigenvalue weighted by atomic mass is 35.5. The van der Waals surface area contributed by atoms with Crippen LogP contribution < -0.4 is 4.90 Å². The third kappa shape index (κ3) is 4.72. The SMILES string of the molecule is N#Cc1ccc(C2(CN3CCN(c4ccc(Cl)cc4Cl)[C@H](c4ccc(Cl)cc4)C3)CC2)cc1. The van der Waals surface area contributed by atoms with E-state index in [4.69, 9.17) is 40.1 Å². The number of nitriles is 1. The van der Waals surface area contributed by atoms with E-state index in [1.165, 1.54) is 24.0 Å². The van der Waals surface area contributed by atoms with Crippen LogP contribution in [-0.4, -0.2) is 31.1 Å². The predicted molar refractivity (Wildman–Crippen MR) is 137 cm³/mol. The summed E-state index contributed by atoms with van der Waals surface area (Å²) in [7, 11) is 0.